The standard InChI is InChI=1S/C18H33Cl3/c1-3-5-6-7-8-10-14-17(13-4-2)15-11-9-12-16-18(19,20)21/h10,14,17H,3-9,11-13,15-16H2,1-2H3. The Balaban J connectivity index is 3.73. The third-order valence-electron chi connectivity index (χ3n) is 3.83. The molecule has 0 bridgehead atoms. The smallest absolute Gasteiger partial charge is 0.0883 e. The molecule has 0 N–H and O–H groups in total. The second kappa shape index (κ2) is 14.2. The van der Waals surface area contributed by atoms with Crippen molar-refractivity contribution in [2.45, 2.75) is 94.7 Å². The summed E-state index contributed by atoms with van der Waals surface area (Å²) < 4.78 is -1.07. The predicted octanol–water partition coefficient (Wildman–Crippen LogP) is 8.25. The van der Waals surface area contributed by atoms with E-state index in [-0.39, 0.29) is 0 Å². The highest BCUT2D eigenvalue weighted by Gasteiger charge is 2.18. The van der Waals surface area contributed by atoms with Crippen LogP contribution in [0.5, 0.6) is 0 Å². The van der Waals surface area contributed by atoms with Crippen molar-refractivity contribution in [3.05, 3.63) is 12.2 Å². The number of rotatable bonds is 13. The minimum Gasteiger partial charge on any atom is -0.0883 e. The number of alkyl halides is 3. The highest BCUT2D eigenvalue weighted by molar-refractivity contribution is 6.67. The Morgan fingerprint density at radius 1 is 0.810 bits per heavy atom. The summed E-state index contributed by atoms with van der Waals surface area (Å²) in [6.07, 6.45) is 19.4. The molecule has 0 aromatic heterocycles. The van der Waals surface area contributed by atoms with E-state index in [1.54, 1.807) is 0 Å². The summed E-state index contributed by atoms with van der Waals surface area (Å²) in [6.45, 7) is 4.53. The van der Waals surface area contributed by atoms with Crippen molar-refractivity contribution in [3.8, 4) is 0 Å². The minimum atomic E-state index is -1.07. The number of hydrogen-bond acceptors (Lipinski definition) is 0. The number of halogens is 3. The van der Waals surface area contributed by atoms with Crippen LogP contribution in [0.1, 0.15) is 90.9 Å². The van der Waals surface area contributed by atoms with Gasteiger partial charge in [0.05, 0.1) is 0 Å². The molecule has 0 saturated heterocycles. The first-order valence-electron chi connectivity index (χ1n) is 8.73. The van der Waals surface area contributed by atoms with Gasteiger partial charge >= 0.3 is 0 Å². The lowest BCUT2D eigenvalue weighted by atomic mass is 9.95. The molecule has 0 aromatic carbocycles. The molecule has 0 spiro atoms. The van der Waals surface area contributed by atoms with Crippen molar-refractivity contribution in [3.63, 3.8) is 0 Å². The summed E-state index contributed by atoms with van der Waals surface area (Å²) in [5.74, 6) is 0.744. The molecule has 0 rings (SSSR count). The van der Waals surface area contributed by atoms with E-state index in [4.69, 9.17) is 34.8 Å². The normalized spacial score (nSPS) is 14.0. The average Bonchev–Trinajstić information content (AvgIpc) is 2.40. The number of allylic oxidation sites excluding steroid dienone is 2. The van der Waals surface area contributed by atoms with Crippen LogP contribution in [-0.4, -0.2) is 3.79 Å². The van der Waals surface area contributed by atoms with Crippen molar-refractivity contribution < 1.29 is 0 Å². The van der Waals surface area contributed by atoms with Crippen LogP contribution in [0.15, 0.2) is 12.2 Å². The fourth-order valence-corrected chi connectivity index (χ4v) is 2.99. The molecule has 0 heterocycles. The first-order valence-corrected chi connectivity index (χ1v) is 9.86. The first-order chi connectivity index (χ1) is 9.99. The monoisotopic (exact) mass is 354 g/mol. The van der Waals surface area contributed by atoms with Gasteiger partial charge in [-0.3, -0.25) is 0 Å². The second-order valence-electron chi connectivity index (χ2n) is 6.04. The van der Waals surface area contributed by atoms with E-state index >= 15 is 0 Å². The van der Waals surface area contributed by atoms with E-state index in [0.717, 1.165) is 12.3 Å². The van der Waals surface area contributed by atoms with Crippen LogP contribution in [-0.2, 0) is 0 Å². The summed E-state index contributed by atoms with van der Waals surface area (Å²) >= 11 is 17.3. The van der Waals surface area contributed by atoms with E-state index in [1.807, 2.05) is 0 Å². The molecular formula is C18H33Cl3. The Labute approximate surface area is 147 Å². The van der Waals surface area contributed by atoms with Gasteiger partial charge in [0.1, 0.15) is 0 Å². The van der Waals surface area contributed by atoms with Crippen LogP contribution in [0, 0.1) is 5.92 Å². The molecular weight excluding hydrogens is 323 g/mol. The van der Waals surface area contributed by atoms with Gasteiger partial charge in [-0.05, 0) is 44.4 Å². The Kier molecular flexibility index (Phi) is 14.6. The molecule has 0 aliphatic rings. The lowest BCUT2D eigenvalue weighted by Crippen LogP contribution is -2.01. The zero-order valence-corrected chi connectivity index (χ0v) is 16.1. The van der Waals surface area contributed by atoms with Crippen molar-refractivity contribution in [2.75, 3.05) is 0 Å². The molecule has 21 heavy (non-hydrogen) atoms. The van der Waals surface area contributed by atoms with Gasteiger partial charge in [0.2, 0.25) is 0 Å². The topological polar surface area (TPSA) is 0 Å². The molecule has 0 amide bonds. The van der Waals surface area contributed by atoms with Gasteiger partial charge in [0, 0.05) is 0 Å². The van der Waals surface area contributed by atoms with Gasteiger partial charge in [-0.1, -0.05) is 99.3 Å². The van der Waals surface area contributed by atoms with Crippen LogP contribution >= 0.6 is 34.8 Å². The molecule has 0 nitrogen and oxygen atoms in total. The van der Waals surface area contributed by atoms with Crippen LogP contribution in [0.3, 0.4) is 0 Å². The van der Waals surface area contributed by atoms with Crippen molar-refractivity contribution in [1.29, 1.82) is 0 Å². The van der Waals surface area contributed by atoms with Crippen molar-refractivity contribution in [2.24, 2.45) is 5.92 Å². The zero-order valence-electron chi connectivity index (χ0n) is 13.9. The Bertz CT molecular complexity index is 243. The van der Waals surface area contributed by atoms with Gasteiger partial charge in [0.15, 0.2) is 3.79 Å². The maximum atomic E-state index is 5.76. The van der Waals surface area contributed by atoms with E-state index in [2.05, 4.69) is 26.0 Å². The number of unbranched alkanes of at least 4 members (excludes halogenated alkanes) is 6. The minimum absolute atomic E-state index is 0.670. The lowest BCUT2D eigenvalue weighted by molar-refractivity contribution is 0.492. The quantitative estimate of drug-likeness (QED) is 0.177. The third kappa shape index (κ3) is 16.8. The average molecular weight is 356 g/mol. The van der Waals surface area contributed by atoms with Gasteiger partial charge in [-0.2, -0.15) is 0 Å². The first kappa shape index (κ1) is 21.6. The van der Waals surface area contributed by atoms with Crippen LogP contribution in [0.25, 0.3) is 0 Å². The van der Waals surface area contributed by atoms with Crippen LogP contribution in [0.4, 0.5) is 0 Å². The molecule has 3 heteroatoms. The molecule has 0 aliphatic carbocycles. The molecule has 0 aliphatic heterocycles. The molecule has 126 valence electrons. The van der Waals surface area contributed by atoms with E-state index in [9.17, 15) is 0 Å². The maximum Gasteiger partial charge on any atom is 0.190 e. The largest absolute Gasteiger partial charge is 0.190 e. The lowest BCUT2D eigenvalue weighted by Gasteiger charge is -2.13. The molecule has 0 fully saturated rings. The predicted molar refractivity (Wildman–Crippen MR) is 99.7 cm³/mol. The van der Waals surface area contributed by atoms with Crippen LogP contribution < -0.4 is 0 Å². The SMILES string of the molecule is CCCCCCC=CC(CCC)CCCCCC(Cl)(Cl)Cl. The van der Waals surface area contributed by atoms with Gasteiger partial charge < -0.3 is 0 Å². The van der Waals surface area contributed by atoms with E-state index in [0.29, 0.717) is 6.42 Å². The molecule has 0 radical (unpaired) electrons. The van der Waals surface area contributed by atoms with Crippen LogP contribution in [0.2, 0.25) is 0 Å². The molecule has 0 saturated carbocycles. The Morgan fingerprint density at radius 3 is 2.14 bits per heavy atom. The van der Waals surface area contributed by atoms with Gasteiger partial charge in [-0.15, -0.1) is 0 Å². The summed E-state index contributed by atoms with van der Waals surface area (Å²) in [7, 11) is 0. The molecule has 1 atom stereocenters. The summed E-state index contributed by atoms with van der Waals surface area (Å²) in [6, 6.07) is 0. The Morgan fingerprint density at radius 2 is 1.52 bits per heavy atom. The fourth-order valence-electron chi connectivity index (χ4n) is 2.59. The third-order valence-corrected chi connectivity index (χ3v) is 4.39. The molecule has 1 unspecified atom stereocenters. The second-order valence-corrected chi connectivity index (χ2v) is 8.56. The van der Waals surface area contributed by atoms with Gasteiger partial charge in [0.25, 0.3) is 0 Å². The summed E-state index contributed by atoms with van der Waals surface area (Å²) in [4.78, 5) is 0. The van der Waals surface area contributed by atoms with Gasteiger partial charge in [-0.25, -0.2) is 0 Å². The Hall–Kier alpha value is 0.610. The maximum absolute atomic E-state index is 5.76. The number of hydrogen-bond donors (Lipinski definition) is 0. The van der Waals surface area contributed by atoms with Crippen molar-refractivity contribution in [1.82, 2.24) is 0 Å². The summed E-state index contributed by atoms with van der Waals surface area (Å²) in [5.41, 5.74) is 0. The highest BCUT2D eigenvalue weighted by atomic mass is 35.6. The molecule has 0 aromatic rings. The zero-order chi connectivity index (χ0) is 16.0. The fraction of sp³-hybridized carbons (Fsp3) is 0.889. The van der Waals surface area contributed by atoms with E-state index in [1.165, 1.54) is 64.2 Å². The highest BCUT2D eigenvalue weighted by Crippen LogP contribution is 2.32. The van der Waals surface area contributed by atoms with E-state index < -0.39 is 3.79 Å². The van der Waals surface area contributed by atoms with Crippen molar-refractivity contribution >= 4 is 34.8 Å². The summed E-state index contributed by atoms with van der Waals surface area (Å²) in [5, 5.41) is 0.